The monoisotopic (exact) mass is 266 g/mol. The molecule has 0 radical (unpaired) electrons. The van der Waals surface area contributed by atoms with E-state index in [2.05, 4.69) is 30.9 Å². The van der Waals surface area contributed by atoms with Crippen LogP contribution in [0.25, 0.3) is 0 Å². The highest BCUT2D eigenvalue weighted by atomic mass is 35.5. The number of hydrogen-bond acceptors (Lipinski definition) is 2. The number of halogens is 1. The van der Waals surface area contributed by atoms with E-state index in [9.17, 15) is 0 Å². The van der Waals surface area contributed by atoms with Gasteiger partial charge in [0.1, 0.15) is 0 Å². The normalized spacial score (nSPS) is 20.8. The number of nitrogens with zero attached hydrogens (tertiary/aromatic N) is 1. The predicted molar refractivity (Wildman–Crippen MR) is 79.3 cm³/mol. The Morgan fingerprint density at radius 3 is 2.39 bits per heavy atom. The summed E-state index contributed by atoms with van der Waals surface area (Å²) in [6.45, 7) is 8.83. The summed E-state index contributed by atoms with van der Waals surface area (Å²) in [5, 5.41) is 0.824. The predicted octanol–water partition coefficient (Wildman–Crippen LogP) is 3.99. The summed E-state index contributed by atoms with van der Waals surface area (Å²) >= 11 is 6.38. The van der Waals surface area contributed by atoms with E-state index in [1.807, 2.05) is 13.0 Å². The van der Waals surface area contributed by atoms with Crippen molar-refractivity contribution >= 4 is 17.3 Å². The molecule has 0 amide bonds. The largest absolute Gasteiger partial charge is 0.370 e. The van der Waals surface area contributed by atoms with Crippen LogP contribution in [0.15, 0.2) is 18.2 Å². The average molecular weight is 267 g/mol. The van der Waals surface area contributed by atoms with Crippen LogP contribution in [0.3, 0.4) is 0 Å². The zero-order valence-corrected chi connectivity index (χ0v) is 12.3. The minimum Gasteiger partial charge on any atom is -0.370 e. The molecule has 1 aromatic carbocycles. The Kier molecular flexibility index (Phi) is 3.88. The minimum atomic E-state index is 0.0387. The van der Waals surface area contributed by atoms with Crippen LogP contribution < -0.4 is 10.6 Å². The van der Waals surface area contributed by atoms with Gasteiger partial charge in [0.2, 0.25) is 0 Å². The van der Waals surface area contributed by atoms with Gasteiger partial charge in [-0.05, 0) is 42.9 Å². The number of hydrogen-bond donors (Lipinski definition) is 1. The van der Waals surface area contributed by atoms with Gasteiger partial charge in [-0.2, -0.15) is 0 Å². The van der Waals surface area contributed by atoms with E-state index in [1.165, 1.54) is 12.8 Å². The third kappa shape index (κ3) is 2.99. The molecule has 0 aromatic heterocycles. The molecule has 2 nitrogen and oxygen atoms in total. The van der Waals surface area contributed by atoms with Gasteiger partial charge < -0.3 is 10.6 Å². The second-order valence-corrected chi connectivity index (χ2v) is 6.56. The highest BCUT2D eigenvalue weighted by molar-refractivity contribution is 6.33. The van der Waals surface area contributed by atoms with Crippen molar-refractivity contribution in [3.63, 3.8) is 0 Å². The lowest BCUT2D eigenvalue weighted by Gasteiger charge is -2.38. The molecule has 1 fully saturated rings. The fraction of sp³-hybridized carbons (Fsp3) is 0.600. The van der Waals surface area contributed by atoms with Gasteiger partial charge in [-0.3, -0.25) is 0 Å². The molecule has 2 rings (SSSR count). The van der Waals surface area contributed by atoms with Crippen molar-refractivity contribution in [1.82, 2.24) is 0 Å². The lowest BCUT2D eigenvalue weighted by atomic mass is 9.82. The zero-order valence-electron chi connectivity index (χ0n) is 11.5. The molecule has 0 unspecified atom stereocenters. The molecular weight excluding hydrogens is 244 g/mol. The van der Waals surface area contributed by atoms with Gasteiger partial charge in [-0.1, -0.05) is 31.5 Å². The second kappa shape index (κ2) is 5.10. The van der Waals surface area contributed by atoms with Crippen LogP contribution in [0.2, 0.25) is 5.02 Å². The van der Waals surface area contributed by atoms with Gasteiger partial charge in [0.15, 0.2) is 0 Å². The van der Waals surface area contributed by atoms with Gasteiger partial charge >= 0.3 is 0 Å². The zero-order chi connectivity index (χ0) is 13.3. The Morgan fingerprint density at radius 2 is 1.89 bits per heavy atom. The maximum atomic E-state index is 6.38. The van der Waals surface area contributed by atoms with E-state index < -0.39 is 0 Å². The van der Waals surface area contributed by atoms with Crippen LogP contribution in [0.4, 0.5) is 5.69 Å². The van der Waals surface area contributed by atoms with Gasteiger partial charge in [-0.25, -0.2) is 0 Å². The lowest BCUT2D eigenvalue weighted by molar-refractivity contribution is 0.280. The van der Waals surface area contributed by atoms with Gasteiger partial charge in [0.25, 0.3) is 0 Å². The molecule has 1 heterocycles. The molecule has 100 valence electrons. The van der Waals surface area contributed by atoms with Crippen molar-refractivity contribution in [3.05, 3.63) is 28.8 Å². The summed E-state index contributed by atoms with van der Waals surface area (Å²) in [6.07, 6.45) is 2.44. The fourth-order valence-electron chi connectivity index (χ4n) is 2.42. The van der Waals surface area contributed by atoms with E-state index in [4.69, 9.17) is 17.3 Å². The third-order valence-corrected chi connectivity index (χ3v) is 4.26. The van der Waals surface area contributed by atoms with E-state index in [1.54, 1.807) is 0 Å². The van der Waals surface area contributed by atoms with Crippen LogP contribution in [0, 0.1) is 5.41 Å². The van der Waals surface area contributed by atoms with Crippen molar-refractivity contribution < 1.29 is 0 Å². The van der Waals surface area contributed by atoms with Crippen LogP contribution >= 0.6 is 11.6 Å². The number of nitrogens with two attached hydrogens (primary N) is 1. The first kappa shape index (κ1) is 13.7. The molecule has 1 aromatic rings. The fourth-order valence-corrected chi connectivity index (χ4v) is 2.72. The Morgan fingerprint density at radius 1 is 1.28 bits per heavy atom. The molecule has 1 aliphatic rings. The number of anilines is 1. The van der Waals surface area contributed by atoms with Crippen molar-refractivity contribution in [2.45, 2.75) is 39.7 Å². The van der Waals surface area contributed by atoms with E-state index in [-0.39, 0.29) is 6.04 Å². The highest BCUT2D eigenvalue weighted by Gasteiger charge is 2.26. The summed E-state index contributed by atoms with van der Waals surface area (Å²) in [4.78, 5) is 2.39. The second-order valence-electron chi connectivity index (χ2n) is 6.15. The summed E-state index contributed by atoms with van der Waals surface area (Å²) in [6, 6.07) is 6.24. The summed E-state index contributed by atoms with van der Waals surface area (Å²) < 4.78 is 0. The Balaban J connectivity index is 2.15. The minimum absolute atomic E-state index is 0.0387. The molecule has 2 N–H and O–H groups in total. The summed E-state index contributed by atoms with van der Waals surface area (Å²) in [7, 11) is 0. The number of rotatable bonds is 2. The maximum Gasteiger partial charge on any atom is 0.0642 e. The first-order valence-corrected chi connectivity index (χ1v) is 7.07. The Bertz CT molecular complexity index is 417. The molecule has 1 aliphatic heterocycles. The molecular formula is C15H23ClN2. The topological polar surface area (TPSA) is 29.3 Å². The third-order valence-electron chi connectivity index (χ3n) is 3.96. The Hall–Kier alpha value is -0.730. The molecule has 0 bridgehead atoms. The maximum absolute atomic E-state index is 6.38. The molecule has 1 saturated heterocycles. The van der Waals surface area contributed by atoms with E-state index in [0.29, 0.717) is 5.41 Å². The van der Waals surface area contributed by atoms with Crippen molar-refractivity contribution in [2.75, 3.05) is 18.0 Å². The first-order valence-electron chi connectivity index (χ1n) is 6.69. The van der Waals surface area contributed by atoms with Gasteiger partial charge in [0.05, 0.1) is 10.7 Å². The average Bonchev–Trinajstić information content (AvgIpc) is 2.29. The smallest absolute Gasteiger partial charge is 0.0642 e. The Labute approximate surface area is 115 Å². The highest BCUT2D eigenvalue weighted by Crippen LogP contribution is 2.35. The standard InChI is InChI=1S/C15H23ClN2/c1-11(17)12-4-5-14(13(16)10-12)18-8-6-15(2,3)7-9-18/h4-5,10-11H,6-9,17H2,1-3H3/t11-/m1/s1. The van der Waals surface area contributed by atoms with Crippen molar-refractivity contribution in [3.8, 4) is 0 Å². The van der Waals surface area contributed by atoms with Crippen LogP contribution in [0.1, 0.15) is 45.2 Å². The quantitative estimate of drug-likeness (QED) is 0.877. The molecule has 0 spiro atoms. The molecule has 0 saturated carbocycles. The molecule has 0 aliphatic carbocycles. The first-order chi connectivity index (χ1) is 8.39. The molecule has 18 heavy (non-hydrogen) atoms. The van der Waals surface area contributed by atoms with Crippen LogP contribution in [0.5, 0.6) is 0 Å². The molecule has 3 heteroatoms. The SMILES string of the molecule is C[C@@H](N)c1ccc(N2CCC(C)(C)CC2)c(Cl)c1. The van der Waals surface area contributed by atoms with Crippen molar-refractivity contribution in [1.29, 1.82) is 0 Å². The van der Waals surface area contributed by atoms with Crippen LogP contribution in [-0.2, 0) is 0 Å². The summed E-state index contributed by atoms with van der Waals surface area (Å²) in [5.41, 5.74) is 8.59. The number of piperidine rings is 1. The van der Waals surface area contributed by atoms with E-state index in [0.717, 1.165) is 29.4 Å². The van der Waals surface area contributed by atoms with Gasteiger partial charge in [-0.15, -0.1) is 0 Å². The van der Waals surface area contributed by atoms with Crippen LogP contribution in [-0.4, -0.2) is 13.1 Å². The lowest BCUT2D eigenvalue weighted by Crippen LogP contribution is -2.37. The molecule has 1 atom stereocenters. The summed E-state index contributed by atoms with van der Waals surface area (Å²) in [5.74, 6) is 0. The number of benzene rings is 1. The van der Waals surface area contributed by atoms with E-state index >= 15 is 0 Å². The van der Waals surface area contributed by atoms with Gasteiger partial charge in [0, 0.05) is 19.1 Å². The van der Waals surface area contributed by atoms with Crippen molar-refractivity contribution in [2.24, 2.45) is 11.1 Å².